The van der Waals surface area contributed by atoms with Crippen molar-refractivity contribution < 1.29 is 9.90 Å². The molecule has 1 fully saturated rings. The van der Waals surface area contributed by atoms with Crippen LogP contribution in [0.3, 0.4) is 0 Å². The summed E-state index contributed by atoms with van der Waals surface area (Å²) >= 11 is 0. The molecule has 26 heavy (non-hydrogen) atoms. The number of aromatic nitrogens is 5. The van der Waals surface area contributed by atoms with E-state index >= 15 is 0 Å². The number of aryl methyl sites for hydroxylation is 1. The number of benzene rings is 1. The van der Waals surface area contributed by atoms with E-state index in [0.29, 0.717) is 18.2 Å². The van der Waals surface area contributed by atoms with Gasteiger partial charge in [0.15, 0.2) is 11.6 Å². The van der Waals surface area contributed by atoms with Gasteiger partial charge in [-0.15, -0.1) is 0 Å². The zero-order valence-corrected chi connectivity index (χ0v) is 14.9. The Morgan fingerprint density at radius 1 is 1.27 bits per heavy atom. The maximum atomic E-state index is 11.6. The monoisotopic (exact) mass is 351 g/mol. The van der Waals surface area contributed by atoms with Gasteiger partial charge in [-0.3, -0.25) is 0 Å². The predicted molar refractivity (Wildman–Crippen MR) is 95.5 cm³/mol. The lowest BCUT2D eigenvalue weighted by Crippen LogP contribution is -2.12. The summed E-state index contributed by atoms with van der Waals surface area (Å²) in [6, 6.07) is 6.91. The van der Waals surface area contributed by atoms with Gasteiger partial charge in [-0.2, -0.15) is 5.10 Å². The highest BCUT2D eigenvalue weighted by molar-refractivity contribution is 5.91. The zero-order valence-electron chi connectivity index (χ0n) is 14.9. The molecule has 1 aliphatic rings. The third kappa shape index (κ3) is 3.12. The Morgan fingerprint density at radius 3 is 2.69 bits per heavy atom. The van der Waals surface area contributed by atoms with Gasteiger partial charge >= 0.3 is 5.97 Å². The zero-order chi connectivity index (χ0) is 18.3. The number of rotatable bonds is 6. The second-order valence-electron chi connectivity index (χ2n) is 6.87. The first-order valence-electron chi connectivity index (χ1n) is 8.78. The summed E-state index contributed by atoms with van der Waals surface area (Å²) in [5.74, 6) is 1.18. The molecule has 134 valence electrons. The quantitative estimate of drug-likeness (QED) is 0.738. The van der Waals surface area contributed by atoms with E-state index in [0.717, 1.165) is 29.5 Å². The van der Waals surface area contributed by atoms with Gasteiger partial charge in [-0.1, -0.05) is 12.1 Å². The van der Waals surface area contributed by atoms with Gasteiger partial charge in [-0.05, 0) is 44.7 Å². The van der Waals surface area contributed by atoms with Crippen molar-refractivity contribution in [2.45, 2.75) is 39.7 Å². The molecule has 7 nitrogen and oxygen atoms in total. The molecule has 2 heterocycles. The van der Waals surface area contributed by atoms with E-state index in [1.807, 2.05) is 24.5 Å². The van der Waals surface area contributed by atoms with E-state index < -0.39 is 5.97 Å². The van der Waals surface area contributed by atoms with Gasteiger partial charge in [0.1, 0.15) is 0 Å². The second kappa shape index (κ2) is 6.40. The summed E-state index contributed by atoms with van der Waals surface area (Å²) in [7, 11) is 0. The molecule has 0 radical (unpaired) electrons. The maximum absolute atomic E-state index is 11.6. The Bertz CT molecular complexity index is 968. The predicted octanol–water partition coefficient (Wildman–Crippen LogP) is 2.78. The van der Waals surface area contributed by atoms with Crippen molar-refractivity contribution in [2.75, 3.05) is 0 Å². The van der Waals surface area contributed by atoms with Crippen LogP contribution >= 0.6 is 0 Å². The molecule has 0 saturated heterocycles. The minimum atomic E-state index is -0.972. The number of para-hydroxylation sites is 1. The number of hydrogen-bond donors (Lipinski definition) is 1. The van der Waals surface area contributed by atoms with E-state index in [1.54, 1.807) is 29.2 Å². The van der Waals surface area contributed by atoms with E-state index in [1.165, 1.54) is 12.8 Å². The molecule has 4 rings (SSSR count). The molecule has 0 atom stereocenters. The van der Waals surface area contributed by atoms with Crippen LogP contribution in [0.25, 0.3) is 5.69 Å². The van der Waals surface area contributed by atoms with E-state index in [2.05, 4.69) is 10.1 Å². The first-order chi connectivity index (χ1) is 12.5. The third-order valence-electron chi connectivity index (χ3n) is 4.91. The Morgan fingerprint density at radius 2 is 2.04 bits per heavy atom. The summed E-state index contributed by atoms with van der Waals surface area (Å²) in [4.78, 5) is 20.7. The lowest BCUT2D eigenvalue weighted by atomic mass is 10.2. The molecule has 1 aromatic carbocycles. The summed E-state index contributed by atoms with van der Waals surface area (Å²) in [5.41, 5.74) is 2.80. The lowest BCUT2D eigenvalue weighted by molar-refractivity contribution is 0.0696. The number of carbonyl (C=O) groups is 1. The molecule has 0 amide bonds. The summed E-state index contributed by atoms with van der Waals surface area (Å²) in [6.07, 6.45) is 5.06. The fraction of sp³-hybridized carbons (Fsp3) is 0.368. The highest BCUT2D eigenvalue weighted by Gasteiger charge is 2.25. The average molecular weight is 351 g/mol. The van der Waals surface area contributed by atoms with Crippen LogP contribution in [-0.4, -0.2) is 35.4 Å². The molecule has 0 bridgehead atoms. The van der Waals surface area contributed by atoms with Gasteiger partial charge in [0.25, 0.3) is 0 Å². The van der Waals surface area contributed by atoms with Crippen LogP contribution in [0, 0.1) is 19.8 Å². The van der Waals surface area contributed by atoms with Crippen LogP contribution in [0.1, 0.15) is 46.2 Å². The fourth-order valence-corrected chi connectivity index (χ4v) is 3.05. The van der Waals surface area contributed by atoms with Crippen LogP contribution in [0.15, 0.2) is 30.6 Å². The van der Waals surface area contributed by atoms with Crippen molar-refractivity contribution in [1.29, 1.82) is 0 Å². The van der Waals surface area contributed by atoms with Crippen LogP contribution in [0.2, 0.25) is 0 Å². The van der Waals surface area contributed by atoms with Crippen molar-refractivity contribution in [1.82, 2.24) is 24.3 Å². The second-order valence-corrected chi connectivity index (χ2v) is 6.87. The molecule has 7 heteroatoms. The van der Waals surface area contributed by atoms with E-state index in [-0.39, 0.29) is 5.56 Å². The number of imidazole rings is 1. The standard InChI is InChI=1S/C19H21N5O2/c1-12-13(2)23(11-20-12)10-18-21-17(9-14-7-8-14)22-24(18)16-6-4-3-5-15(16)19(25)26/h3-6,11,14H,7-10H2,1-2H3,(H,25,26). The van der Waals surface area contributed by atoms with Crippen molar-refractivity contribution >= 4 is 5.97 Å². The molecule has 1 saturated carbocycles. The summed E-state index contributed by atoms with van der Waals surface area (Å²) < 4.78 is 3.69. The molecule has 0 unspecified atom stereocenters. The molecule has 1 aliphatic carbocycles. The summed E-state index contributed by atoms with van der Waals surface area (Å²) in [5, 5.41) is 14.2. The average Bonchev–Trinajstić information content (AvgIpc) is 3.28. The summed E-state index contributed by atoms with van der Waals surface area (Å²) in [6.45, 7) is 4.48. The Balaban J connectivity index is 1.78. The van der Waals surface area contributed by atoms with Gasteiger partial charge in [0.2, 0.25) is 0 Å². The Hall–Kier alpha value is -2.96. The van der Waals surface area contributed by atoms with E-state index in [9.17, 15) is 9.90 Å². The topological polar surface area (TPSA) is 85.8 Å². The van der Waals surface area contributed by atoms with Crippen LogP contribution < -0.4 is 0 Å². The number of nitrogens with zero attached hydrogens (tertiary/aromatic N) is 5. The first-order valence-corrected chi connectivity index (χ1v) is 8.78. The van der Waals surface area contributed by atoms with Crippen LogP contribution in [0.5, 0.6) is 0 Å². The molecular weight excluding hydrogens is 330 g/mol. The molecule has 0 aliphatic heterocycles. The fourth-order valence-electron chi connectivity index (χ4n) is 3.05. The van der Waals surface area contributed by atoms with Crippen molar-refractivity contribution in [3.63, 3.8) is 0 Å². The largest absolute Gasteiger partial charge is 0.478 e. The molecule has 2 aromatic heterocycles. The van der Waals surface area contributed by atoms with Crippen molar-refractivity contribution in [3.8, 4) is 5.69 Å². The van der Waals surface area contributed by atoms with Crippen molar-refractivity contribution in [2.24, 2.45) is 5.92 Å². The lowest BCUT2D eigenvalue weighted by Gasteiger charge is -2.10. The number of aromatic carboxylic acids is 1. The van der Waals surface area contributed by atoms with Crippen LogP contribution in [0.4, 0.5) is 0 Å². The van der Waals surface area contributed by atoms with E-state index in [4.69, 9.17) is 4.98 Å². The molecule has 0 spiro atoms. The smallest absolute Gasteiger partial charge is 0.337 e. The third-order valence-corrected chi connectivity index (χ3v) is 4.91. The maximum Gasteiger partial charge on any atom is 0.337 e. The van der Waals surface area contributed by atoms with Gasteiger partial charge in [-0.25, -0.2) is 19.4 Å². The molecule has 3 aromatic rings. The first kappa shape index (κ1) is 16.5. The number of carboxylic acid groups (broad SMARTS) is 1. The highest BCUT2D eigenvalue weighted by atomic mass is 16.4. The van der Waals surface area contributed by atoms with Gasteiger partial charge < -0.3 is 9.67 Å². The highest BCUT2D eigenvalue weighted by Crippen LogP contribution is 2.32. The molecular formula is C19H21N5O2. The number of hydrogen-bond acceptors (Lipinski definition) is 4. The van der Waals surface area contributed by atoms with Crippen molar-refractivity contribution in [3.05, 3.63) is 59.2 Å². The SMILES string of the molecule is Cc1ncn(Cc2nc(CC3CC3)nn2-c2ccccc2C(=O)O)c1C. The minimum absolute atomic E-state index is 0.218. The molecule has 1 N–H and O–H groups in total. The van der Waals surface area contributed by atoms with Gasteiger partial charge in [0.05, 0.1) is 29.8 Å². The van der Waals surface area contributed by atoms with Crippen LogP contribution in [-0.2, 0) is 13.0 Å². The minimum Gasteiger partial charge on any atom is -0.478 e. The number of carboxylic acids is 1. The Kier molecular flexibility index (Phi) is 4.06. The normalized spacial score (nSPS) is 13.9. The Labute approximate surface area is 151 Å². The van der Waals surface area contributed by atoms with Gasteiger partial charge in [0, 0.05) is 12.1 Å².